The maximum absolute atomic E-state index is 15.2. The molecular weight excluding hydrogens is 737 g/mol. The molecule has 0 N–H and O–H groups in total. The van der Waals surface area contributed by atoms with Crippen LogP contribution in [-0.4, -0.2) is 32.0 Å². The first-order valence-electron chi connectivity index (χ1n) is 23.8. The molecule has 0 fully saturated rings. The molecule has 2 aromatic carbocycles. The van der Waals surface area contributed by atoms with Gasteiger partial charge in [-0.15, -0.1) is 0 Å². The molecule has 7 heteroatoms. The number of benzene rings is 2. The zero-order valence-electron chi connectivity index (χ0n) is 38.0. The van der Waals surface area contributed by atoms with Gasteiger partial charge in [0, 0.05) is 48.7 Å². The molecule has 0 aliphatic heterocycles. The molecule has 0 aliphatic rings. The second-order valence-electron chi connectivity index (χ2n) is 16.5. The average Bonchev–Trinajstić information content (AvgIpc) is 3.27. The van der Waals surface area contributed by atoms with Gasteiger partial charge in [0.1, 0.15) is 35.4 Å². The van der Waals surface area contributed by atoms with Crippen LogP contribution < -0.4 is 9.80 Å². The first kappa shape index (κ1) is 51.3. The van der Waals surface area contributed by atoms with E-state index in [0.717, 1.165) is 88.9 Å². The van der Waals surface area contributed by atoms with E-state index in [1.165, 1.54) is 115 Å². The minimum atomic E-state index is -0.264. The number of nitrogens with zero attached hydrogens (tertiary/aromatic N) is 6. The predicted octanol–water partition coefficient (Wildman–Crippen LogP) is 14.8. The lowest BCUT2D eigenvalue weighted by molar-refractivity contribution is 0.103. The number of carbonyl (C=O) groups is 1. The maximum Gasteiger partial charge on any atom is 0.194 e. The zero-order chi connectivity index (χ0) is 43.6. The van der Waals surface area contributed by atoms with Gasteiger partial charge in [-0.2, -0.15) is 21.0 Å². The lowest BCUT2D eigenvalue weighted by atomic mass is 9.92. The molecule has 0 unspecified atom stereocenters. The topological polar surface area (TPSA) is 119 Å². The molecule has 0 heterocycles. The molecule has 0 bridgehead atoms. The van der Waals surface area contributed by atoms with Crippen molar-refractivity contribution in [1.29, 1.82) is 21.0 Å². The highest BCUT2D eigenvalue weighted by atomic mass is 16.1. The first-order chi connectivity index (χ1) is 29.4. The van der Waals surface area contributed by atoms with Crippen LogP contribution in [0.1, 0.15) is 209 Å². The molecular formula is C53H76N6O. The Bertz CT molecular complexity index is 1570. The number of anilines is 2. The Morgan fingerprint density at radius 3 is 0.967 bits per heavy atom. The van der Waals surface area contributed by atoms with Crippen molar-refractivity contribution in [3.63, 3.8) is 0 Å². The average molecular weight is 813 g/mol. The second-order valence-corrected chi connectivity index (χ2v) is 16.5. The van der Waals surface area contributed by atoms with Crippen LogP contribution in [0.25, 0.3) is 12.2 Å². The van der Waals surface area contributed by atoms with Gasteiger partial charge in [-0.25, -0.2) is 0 Å². The molecule has 60 heavy (non-hydrogen) atoms. The molecule has 0 aliphatic carbocycles. The number of nitriles is 4. The summed E-state index contributed by atoms with van der Waals surface area (Å²) in [5, 5.41) is 39.1. The van der Waals surface area contributed by atoms with E-state index >= 15 is 4.79 Å². The highest BCUT2D eigenvalue weighted by Crippen LogP contribution is 2.30. The van der Waals surface area contributed by atoms with E-state index in [1.807, 2.05) is 60.7 Å². The second kappa shape index (κ2) is 32.9. The van der Waals surface area contributed by atoms with Crippen molar-refractivity contribution in [2.45, 2.75) is 182 Å². The van der Waals surface area contributed by atoms with Crippen molar-refractivity contribution in [3.8, 4) is 24.3 Å². The third-order valence-corrected chi connectivity index (χ3v) is 11.5. The van der Waals surface area contributed by atoms with Gasteiger partial charge in [0.2, 0.25) is 0 Å². The fourth-order valence-electron chi connectivity index (χ4n) is 7.83. The number of rotatable bonds is 34. The summed E-state index contributed by atoms with van der Waals surface area (Å²) in [6.45, 7) is 12.5. The van der Waals surface area contributed by atoms with Crippen molar-refractivity contribution >= 4 is 29.3 Å². The standard InChI is InChI=1S/C53H76N6O/c1-5-9-13-17-21-25-33-58(34-26-22-18-14-10-6-2)49-31-29-47(37-45(41-54)42-55)51(39-49)53(60)52-40-50(32-30-48(52)38-46(43-56)44-57)59(35-27-23-19-15-11-7-3)36-28-24-20-16-12-8-4/h29-32,37-40H,5-28,33-36H2,1-4H3. The molecule has 0 atom stereocenters. The van der Waals surface area contributed by atoms with E-state index in [9.17, 15) is 21.0 Å². The number of unbranched alkanes of at least 4 members (excludes halogenated alkanes) is 20. The van der Waals surface area contributed by atoms with Gasteiger partial charge in [0.05, 0.1) is 0 Å². The van der Waals surface area contributed by atoms with Crippen LogP contribution in [0.5, 0.6) is 0 Å². The summed E-state index contributed by atoms with van der Waals surface area (Å²) in [4.78, 5) is 20.0. The quantitative estimate of drug-likeness (QED) is 0.0392. The van der Waals surface area contributed by atoms with Gasteiger partial charge >= 0.3 is 0 Å². The van der Waals surface area contributed by atoms with E-state index in [0.29, 0.717) is 22.3 Å². The van der Waals surface area contributed by atoms with Crippen molar-refractivity contribution in [3.05, 3.63) is 69.8 Å². The van der Waals surface area contributed by atoms with E-state index < -0.39 is 0 Å². The van der Waals surface area contributed by atoms with Gasteiger partial charge in [0.15, 0.2) is 5.78 Å². The van der Waals surface area contributed by atoms with E-state index in [1.54, 1.807) is 0 Å². The van der Waals surface area contributed by atoms with Crippen LogP contribution in [0.15, 0.2) is 47.5 Å². The number of hydrogen-bond acceptors (Lipinski definition) is 7. The largest absolute Gasteiger partial charge is 0.372 e. The van der Waals surface area contributed by atoms with Crippen LogP contribution in [0.3, 0.4) is 0 Å². The van der Waals surface area contributed by atoms with Crippen LogP contribution >= 0.6 is 0 Å². The van der Waals surface area contributed by atoms with Gasteiger partial charge in [-0.3, -0.25) is 4.79 Å². The van der Waals surface area contributed by atoms with Crippen LogP contribution in [0, 0.1) is 45.3 Å². The molecule has 324 valence electrons. The van der Waals surface area contributed by atoms with Crippen LogP contribution in [-0.2, 0) is 0 Å². The lowest BCUT2D eigenvalue weighted by Gasteiger charge is -2.27. The Morgan fingerprint density at radius 2 is 0.700 bits per heavy atom. The fourth-order valence-corrected chi connectivity index (χ4v) is 7.83. The number of carbonyl (C=O) groups excluding carboxylic acids is 1. The summed E-state index contributed by atoms with van der Waals surface area (Å²) in [7, 11) is 0. The van der Waals surface area contributed by atoms with Crippen LogP contribution in [0.2, 0.25) is 0 Å². The summed E-state index contributed by atoms with van der Waals surface area (Å²) in [5.41, 5.74) is 3.52. The minimum Gasteiger partial charge on any atom is -0.372 e. The summed E-state index contributed by atoms with van der Waals surface area (Å²) >= 11 is 0. The Kier molecular flexibility index (Phi) is 28.2. The molecule has 2 aromatic rings. The number of allylic oxidation sites excluding steroid dienone is 2. The normalized spacial score (nSPS) is 10.5. The molecule has 0 radical (unpaired) electrons. The Labute approximate surface area is 365 Å². The lowest BCUT2D eigenvalue weighted by Crippen LogP contribution is -2.26. The number of ketones is 1. The third kappa shape index (κ3) is 19.9. The summed E-state index contributed by atoms with van der Waals surface area (Å²) in [6.07, 6.45) is 31.6. The van der Waals surface area contributed by atoms with Crippen molar-refractivity contribution in [2.75, 3.05) is 36.0 Å². The van der Waals surface area contributed by atoms with Gasteiger partial charge in [-0.05, 0) is 73.2 Å². The predicted molar refractivity (Wildman–Crippen MR) is 253 cm³/mol. The van der Waals surface area contributed by atoms with Gasteiger partial charge < -0.3 is 9.80 Å². The highest BCUT2D eigenvalue weighted by Gasteiger charge is 2.21. The molecule has 0 aromatic heterocycles. The van der Waals surface area contributed by atoms with Gasteiger partial charge in [-0.1, -0.05) is 168 Å². The Hall–Kier alpha value is -4.85. The fraction of sp³-hybridized carbons (Fsp3) is 0.604. The van der Waals surface area contributed by atoms with Crippen molar-refractivity contribution in [2.24, 2.45) is 0 Å². The van der Waals surface area contributed by atoms with Crippen molar-refractivity contribution < 1.29 is 4.79 Å². The van der Waals surface area contributed by atoms with Gasteiger partial charge in [0.25, 0.3) is 0 Å². The van der Waals surface area contributed by atoms with Crippen LogP contribution in [0.4, 0.5) is 11.4 Å². The van der Waals surface area contributed by atoms with Crippen molar-refractivity contribution in [1.82, 2.24) is 0 Å². The molecule has 0 saturated heterocycles. The summed E-state index contributed by atoms with van der Waals surface area (Å²) < 4.78 is 0. The SMILES string of the molecule is CCCCCCCCN(CCCCCCCC)c1ccc(C=C(C#N)C#N)c(C(=O)c2cc(N(CCCCCCCC)CCCCCCCC)ccc2C=C(C#N)C#N)c1. The highest BCUT2D eigenvalue weighted by molar-refractivity contribution is 6.14. The Morgan fingerprint density at radius 1 is 0.433 bits per heavy atom. The summed E-state index contributed by atoms with van der Waals surface area (Å²) in [6, 6.07) is 19.6. The molecule has 0 spiro atoms. The Balaban J connectivity index is 2.70. The monoisotopic (exact) mass is 813 g/mol. The van der Waals surface area contributed by atoms with E-state index in [2.05, 4.69) is 37.5 Å². The minimum absolute atomic E-state index is 0.0815. The van der Waals surface area contributed by atoms with E-state index in [-0.39, 0.29) is 16.9 Å². The molecule has 0 amide bonds. The maximum atomic E-state index is 15.2. The zero-order valence-corrected chi connectivity index (χ0v) is 38.0. The first-order valence-corrected chi connectivity index (χ1v) is 23.8. The molecule has 7 nitrogen and oxygen atoms in total. The molecule has 0 saturated carbocycles. The third-order valence-electron chi connectivity index (χ3n) is 11.5. The van der Waals surface area contributed by atoms with E-state index in [4.69, 9.17) is 0 Å². The number of hydrogen-bond donors (Lipinski definition) is 0. The molecule has 2 rings (SSSR count). The smallest absolute Gasteiger partial charge is 0.194 e. The summed E-state index contributed by atoms with van der Waals surface area (Å²) in [5.74, 6) is -0.264.